The highest BCUT2D eigenvalue weighted by atomic mass is 19.1. The Labute approximate surface area is 197 Å². The lowest BCUT2D eigenvalue weighted by atomic mass is 9.88. The van der Waals surface area contributed by atoms with Crippen LogP contribution in [-0.4, -0.2) is 29.4 Å². The van der Waals surface area contributed by atoms with E-state index >= 15 is 0 Å². The first kappa shape index (κ1) is 23.4. The van der Waals surface area contributed by atoms with Crippen molar-refractivity contribution in [2.45, 2.75) is 38.8 Å². The van der Waals surface area contributed by atoms with Gasteiger partial charge in [-0.05, 0) is 72.0 Å². The standard InChI is InChI=1S/C27H26F2N2O3/c1-3-25(27(33)30-22-6-4-5-21(29)15-22)34-23-12-9-18-13-14-31(17(2)32)26(24(18)16-23)19-7-10-20(28)11-8-19/h4-12,15-16,25-26H,3,13-14H2,1-2H3,(H,30,33). The Bertz CT molecular complexity index is 1200. The van der Waals surface area contributed by atoms with Gasteiger partial charge in [0.25, 0.3) is 5.91 Å². The van der Waals surface area contributed by atoms with Crippen molar-refractivity contribution in [2.24, 2.45) is 0 Å². The van der Waals surface area contributed by atoms with Crippen molar-refractivity contribution >= 4 is 17.5 Å². The van der Waals surface area contributed by atoms with Gasteiger partial charge in [-0.2, -0.15) is 0 Å². The molecule has 1 aliphatic heterocycles. The van der Waals surface area contributed by atoms with E-state index in [9.17, 15) is 18.4 Å². The largest absolute Gasteiger partial charge is 0.481 e. The van der Waals surface area contributed by atoms with E-state index in [1.165, 1.54) is 37.3 Å². The predicted octanol–water partition coefficient (Wildman–Crippen LogP) is 5.25. The van der Waals surface area contributed by atoms with Crippen molar-refractivity contribution in [1.82, 2.24) is 4.90 Å². The van der Waals surface area contributed by atoms with Crippen molar-refractivity contribution < 1.29 is 23.1 Å². The molecule has 0 saturated heterocycles. The van der Waals surface area contributed by atoms with Gasteiger partial charge >= 0.3 is 0 Å². The van der Waals surface area contributed by atoms with Crippen LogP contribution in [0.4, 0.5) is 14.5 Å². The number of benzene rings is 3. The molecule has 4 rings (SSSR count). The molecule has 34 heavy (non-hydrogen) atoms. The molecule has 1 N–H and O–H groups in total. The zero-order valence-electron chi connectivity index (χ0n) is 19.1. The molecule has 0 aromatic heterocycles. The van der Waals surface area contributed by atoms with Crippen LogP contribution in [0.1, 0.15) is 43.0 Å². The zero-order valence-corrected chi connectivity index (χ0v) is 19.1. The second-order valence-corrected chi connectivity index (χ2v) is 8.29. The van der Waals surface area contributed by atoms with Gasteiger partial charge in [-0.25, -0.2) is 8.78 Å². The van der Waals surface area contributed by atoms with Crippen molar-refractivity contribution in [3.63, 3.8) is 0 Å². The average Bonchev–Trinajstić information content (AvgIpc) is 2.82. The maximum absolute atomic E-state index is 13.5. The second-order valence-electron chi connectivity index (χ2n) is 8.29. The molecule has 0 bridgehead atoms. The molecule has 7 heteroatoms. The van der Waals surface area contributed by atoms with Crippen LogP contribution in [0.5, 0.6) is 5.75 Å². The molecule has 0 spiro atoms. The summed E-state index contributed by atoms with van der Waals surface area (Å²) in [6.45, 7) is 3.90. The first-order valence-corrected chi connectivity index (χ1v) is 11.2. The summed E-state index contributed by atoms with van der Waals surface area (Å²) in [5.41, 5.74) is 3.10. The van der Waals surface area contributed by atoms with E-state index in [1.54, 1.807) is 23.1 Å². The number of amides is 2. The molecule has 3 aromatic carbocycles. The Kier molecular flexibility index (Phi) is 6.91. The first-order chi connectivity index (χ1) is 16.4. The molecule has 0 fully saturated rings. The van der Waals surface area contributed by atoms with Crippen LogP contribution in [0.25, 0.3) is 0 Å². The summed E-state index contributed by atoms with van der Waals surface area (Å²) in [6, 6.07) is 17.0. The minimum absolute atomic E-state index is 0.0767. The molecular formula is C27H26F2N2O3. The zero-order chi connectivity index (χ0) is 24.2. The Morgan fingerprint density at radius 1 is 1.06 bits per heavy atom. The lowest BCUT2D eigenvalue weighted by Crippen LogP contribution is -2.39. The summed E-state index contributed by atoms with van der Waals surface area (Å²) < 4.78 is 33.0. The van der Waals surface area contributed by atoms with Crippen LogP contribution in [0, 0.1) is 11.6 Å². The van der Waals surface area contributed by atoms with Gasteiger partial charge in [-0.15, -0.1) is 0 Å². The number of hydrogen-bond acceptors (Lipinski definition) is 3. The molecule has 2 atom stereocenters. The number of ether oxygens (including phenoxy) is 1. The van der Waals surface area contributed by atoms with E-state index in [0.29, 0.717) is 30.8 Å². The fourth-order valence-electron chi connectivity index (χ4n) is 4.29. The lowest BCUT2D eigenvalue weighted by molar-refractivity contribution is -0.130. The minimum Gasteiger partial charge on any atom is -0.481 e. The summed E-state index contributed by atoms with van der Waals surface area (Å²) in [5.74, 6) is -0.763. The second kappa shape index (κ2) is 10.0. The Morgan fingerprint density at radius 2 is 1.82 bits per heavy atom. The third-order valence-electron chi connectivity index (χ3n) is 5.97. The number of nitrogens with one attached hydrogen (secondary N) is 1. The highest BCUT2D eigenvalue weighted by Crippen LogP contribution is 2.37. The fraction of sp³-hybridized carbons (Fsp3) is 0.259. The maximum Gasteiger partial charge on any atom is 0.265 e. The summed E-state index contributed by atoms with van der Waals surface area (Å²) in [4.78, 5) is 26.9. The topological polar surface area (TPSA) is 58.6 Å². The summed E-state index contributed by atoms with van der Waals surface area (Å²) in [7, 11) is 0. The van der Waals surface area contributed by atoms with Gasteiger partial charge in [0.1, 0.15) is 17.4 Å². The van der Waals surface area contributed by atoms with Crippen LogP contribution in [0.15, 0.2) is 66.7 Å². The summed E-state index contributed by atoms with van der Waals surface area (Å²) >= 11 is 0. The maximum atomic E-state index is 13.5. The van der Waals surface area contributed by atoms with Crippen molar-refractivity contribution in [2.75, 3.05) is 11.9 Å². The van der Waals surface area contributed by atoms with Gasteiger partial charge in [0.2, 0.25) is 5.91 Å². The number of carbonyl (C=O) groups is 2. The van der Waals surface area contributed by atoms with Crippen LogP contribution in [0.2, 0.25) is 0 Å². The molecule has 2 unspecified atom stereocenters. The first-order valence-electron chi connectivity index (χ1n) is 11.2. The molecule has 0 aliphatic carbocycles. The van der Waals surface area contributed by atoms with Crippen LogP contribution in [0.3, 0.4) is 0 Å². The van der Waals surface area contributed by atoms with E-state index in [4.69, 9.17) is 4.74 Å². The van der Waals surface area contributed by atoms with E-state index < -0.39 is 11.9 Å². The van der Waals surface area contributed by atoms with Crippen molar-refractivity contribution in [3.8, 4) is 5.75 Å². The van der Waals surface area contributed by atoms with Gasteiger partial charge in [0.05, 0.1) is 6.04 Å². The number of anilines is 1. The fourth-order valence-corrected chi connectivity index (χ4v) is 4.29. The van der Waals surface area contributed by atoms with Crippen LogP contribution < -0.4 is 10.1 Å². The van der Waals surface area contributed by atoms with E-state index in [-0.39, 0.29) is 23.7 Å². The Morgan fingerprint density at radius 3 is 2.50 bits per heavy atom. The van der Waals surface area contributed by atoms with E-state index in [0.717, 1.165) is 16.7 Å². The summed E-state index contributed by atoms with van der Waals surface area (Å²) in [6.07, 6.45) is 0.293. The molecule has 2 amide bonds. The van der Waals surface area contributed by atoms with Crippen LogP contribution in [-0.2, 0) is 16.0 Å². The Balaban J connectivity index is 1.61. The Hall–Kier alpha value is -3.74. The number of halogens is 2. The highest BCUT2D eigenvalue weighted by molar-refractivity contribution is 5.94. The van der Waals surface area contributed by atoms with Gasteiger partial charge < -0.3 is 15.0 Å². The van der Waals surface area contributed by atoms with Crippen LogP contribution >= 0.6 is 0 Å². The van der Waals surface area contributed by atoms with Gasteiger partial charge in [-0.3, -0.25) is 9.59 Å². The smallest absolute Gasteiger partial charge is 0.265 e. The average molecular weight is 465 g/mol. The molecule has 3 aromatic rings. The lowest BCUT2D eigenvalue weighted by Gasteiger charge is -2.37. The van der Waals surface area contributed by atoms with Gasteiger partial charge in [0, 0.05) is 19.2 Å². The third-order valence-corrected chi connectivity index (χ3v) is 5.97. The number of carbonyl (C=O) groups excluding carboxylic acids is 2. The molecule has 5 nitrogen and oxygen atoms in total. The number of hydrogen-bond donors (Lipinski definition) is 1. The third kappa shape index (κ3) is 5.09. The van der Waals surface area contributed by atoms with Gasteiger partial charge in [-0.1, -0.05) is 31.2 Å². The number of fused-ring (bicyclic) bond motifs is 1. The minimum atomic E-state index is -0.793. The SMILES string of the molecule is CCC(Oc1ccc2c(c1)C(c1ccc(F)cc1)N(C(C)=O)CC2)C(=O)Nc1cccc(F)c1. The number of rotatable bonds is 6. The summed E-state index contributed by atoms with van der Waals surface area (Å²) in [5, 5.41) is 2.69. The van der Waals surface area contributed by atoms with Gasteiger partial charge in [0.15, 0.2) is 6.10 Å². The molecule has 1 aliphatic rings. The molecule has 176 valence electrons. The molecular weight excluding hydrogens is 438 g/mol. The quantitative estimate of drug-likeness (QED) is 0.542. The highest BCUT2D eigenvalue weighted by Gasteiger charge is 2.31. The number of nitrogens with zero attached hydrogens (tertiary/aromatic N) is 1. The van der Waals surface area contributed by atoms with Crippen molar-refractivity contribution in [1.29, 1.82) is 0 Å². The molecule has 0 radical (unpaired) electrons. The predicted molar refractivity (Wildman–Crippen MR) is 126 cm³/mol. The van der Waals surface area contributed by atoms with E-state index in [1.807, 2.05) is 25.1 Å². The molecule has 1 heterocycles. The normalized spacial score (nSPS) is 15.9. The molecule has 0 saturated carbocycles. The van der Waals surface area contributed by atoms with Crippen molar-refractivity contribution in [3.05, 3.63) is 95.1 Å². The van der Waals surface area contributed by atoms with E-state index in [2.05, 4.69) is 5.32 Å². The monoisotopic (exact) mass is 464 g/mol.